The zero-order chi connectivity index (χ0) is 16.2. The Labute approximate surface area is 139 Å². The molecule has 7 heteroatoms. The molecule has 2 saturated heterocycles. The number of halogens is 1. The van der Waals surface area contributed by atoms with Gasteiger partial charge in [-0.25, -0.2) is 4.39 Å². The molecule has 0 aliphatic carbocycles. The summed E-state index contributed by atoms with van der Waals surface area (Å²) in [6, 6.07) is 6.01. The number of thioether (sulfide) groups is 1. The molecule has 3 rings (SSSR count). The molecule has 2 amide bonds. The Kier molecular flexibility index (Phi) is 5.05. The first-order valence-electron chi connectivity index (χ1n) is 7.80. The molecule has 0 spiro atoms. The number of nitrogens with one attached hydrogen (secondary N) is 1. The van der Waals surface area contributed by atoms with Crippen molar-refractivity contribution in [2.24, 2.45) is 0 Å². The molecular weight excluding hydrogens is 317 g/mol. The van der Waals surface area contributed by atoms with Crippen molar-refractivity contribution in [1.82, 2.24) is 10.2 Å². The van der Waals surface area contributed by atoms with Crippen LogP contribution in [0.2, 0.25) is 0 Å². The van der Waals surface area contributed by atoms with E-state index in [0.717, 1.165) is 11.4 Å². The van der Waals surface area contributed by atoms with E-state index in [1.165, 1.54) is 12.1 Å². The van der Waals surface area contributed by atoms with Gasteiger partial charge in [-0.15, -0.1) is 0 Å². The van der Waals surface area contributed by atoms with Gasteiger partial charge in [-0.2, -0.15) is 11.8 Å². The van der Waals surface area contributed by atoms with Crippen molar-refractivity contribution in [3.05, 3.63) is 30.1 Å². The van der Waals surface area contributed by atoms with Crippen LogP contribution in [0.1, 0.15) is 6.42 Å². The highest BCUT2D eigenvalue weighted by atomic mass is 32.2. The second-order valence-corrected chi connectivity index (χ2v) is 6.88. The molecule has 2 aliphatic rings. The molecule has 2 fully saturated rings. The first-order valence-corrected chi connectivity index (χ1v) is 8.95. The van der Waals surface area contributed by atoms with Crippen molar-refractivity contribution in [3.8, 4) is 0 Å². The highest BCUT2D eigenvalue weighted by Crippen LogP contribution is 2.18. The molecule has 0 bridgehead atoms. The van der Waals surface area contributed by atoms with Gasteiger partial charge in [0, 0.05) is 49.8 Å². The number of carbonyl (C=O) groups is 2. The van der Waals surface area contributed by atoms with E-state index >= 15 is 0 Å². The molecule has 1 aromatic carbocycles. The lowest BCUT2D eigenvalue weighted by Gasteiger charge is -2.37. The van der Waals surface area contributed by atoms with E-state index in [2.05, 4.69) is 10.2 Å². The van der Waals surface area contributed by atoms with Crippen LogP contribution in [0.25, 0.3) is 0 Å². The minimum atomic E-state index is -0.410. The summed E-state index contributed by atoms with van der Waals surface area (Å²) in [5, 5.41) is 2.82. The third kappa shape index (κ3) is 3.96. The van der Waals surface area contributed by atoms with Crippen LogP contribution in [0.4, 0.5) is 10.1 Å². The minimum Gasteiger partial charge on any atom is -0.368 e. The van der Waals surface area contributed by atoms with Gasteiger partial charge < -0.3 is 15.1 Å². The van der Waals surface area contributed by atoms with Crippen LogP contribution in [0.5, 0.6) is 0 Å². The molecule has 0 aromatic heterocycles. The van der Waals surface area contributed by atoms with E-state index in [9.17, 15) is 14.0 Å². The molecule has 124 valence electrons. The maximum absolute atomic E-state index is 13.0. The van der Waals surface area contributed by atoms with Crippen molar-refractivity contribution < 1.29 is 14.0 Å². The summed E-state index contributed by atoms with van der Waals surface area (Å²) >= 11 is 1.64. The second-order valence-electron chi connectivity index (χ2n) is 5.73. The molecule has 0 saturated carbocycles. The fourth-order valence-electron chi connectivity index (χ4n) is 2.86. The van der Waals surface area contributed by atoms with E-state index < -0.39 is 6.04 Å². The minimum absolute atomic E-state index is 0.00602. The molecule has 0 radical (unpaired) electrons. The van der Waals surface area contributed by atoms with Crippen LogP contribution in [-0.4, -0.2) is 60.4 Å². The molecule has 1 unspecified atom stereocenters. The van der Waals surface area contributed by atoms with Crippen molar-refractivity contribution >= 4 is 29.3 Å². The normalized spacial score (nSPS) is 22.5. The smallest absolute Gasteiger partial charge is 0.246 e. The summed E-state index contributed by atoms with van der Waals surface area (Å²) < 4.78 is 13.0. The van der Waals surface area contributed by atoms with Gasteiger partial charge in [0.1, 0.15) is 11.9 Å². The zero-order valence-electron chi connectivity index (χ0n) is 12.8. The van der Waals surface area contributed by atoms with Crippen molar-refractivity contribution in [2.75, 3.05) is 42.6 Å². The fourth-order valence-corrected chi connectivity index (χ4v) is 3.82. The van der Waals surface area contributed by atoms with E-state index in [0.29, 0.717) is 38.4 Å². The van der Waals surface area contributed by atoms with Crippen molar-refractivity contribution in [1.29, 1.82) is 0 Å². The Bertz CT molecular complexity index is 573. The number of anilines is 1. The van der Waals surface area contributed by atoms with E-state index in [4.69, 9.17) is 0 Å². The summed E-state index contributed by atoms with van der Waals surface area (Å²) in [5.74, 6) is 1.13. The van der Waals surface area contributed by atoms with Crippen LogP contribution in [-0.2, 0) is 9.59 Å². The fraction of sp³-hybridized carbons (Fsp3) is 0.500. The molecule has 2 heterocycles. The van der Waals surface area contributed by atoms with Crippen LogP contribution in [0.3, 0.4) is 0 Å². The Hall–Kier alpha value is -1.76. The number of nitrogens with zero attached hydrogens (tertiary/aromatic N) is 2. The van der Waals surface area contributed by atoms with Gasteiger partial charge in [0.05, 0.1) is 0 Å². The average molecular weight is 337 g/mol. The Morgan fingerprint density at radius 2 is 1.87 bits per heavy atom. The summed E-state index contributed by atoms with van der Waals surface area (Å²) in [7, 11) is 0. The van der Waals surface area contributed by atoms with Gasteiger partial charge in [-0.3, -0.25) is 9.59 Å². The van der Waals surface area contributed by atoms with Crippen LogP contribution in [0.15, 0.2) is 24.3 Å². The summed E-state index contributed by atoms with van der Waals surface area (Å²) in [6.45, 7) is 2.66. The number of hydrogen-bond acceptors (Lipinski definition) is 4. The average Bonchev–Trinajstić information content (AvgIpc) is 2.80. The number of benzene rings is 1. The Morgan fingerprint density at radius 3 is 2.57 bits per heavy atom. The van der Waals surface area contributed by atoms with Crippen molar-refractivity contribution in [2.45, 2.75) is 12.5 Å². The third-order valence-electron chi connectivity index (χ3n) is 4.17. The third-order valence-corrected chi connectivity index (χ3v) is 5.24. The van der Waals surface area contributed by atoms with Gasteiger partial charge in [-0.05, 0) is 24.3 Å². The number of carbonyl (C=O) groups excluding carboxylic acids is 2. The largest absolute Gasteiger partial charge is 0.368 e. The van der Waals surface area contributed by atoms with Gasteiger partial charge in [0.2, 0.25) is 11.8 Å². The first kappa shape index (κ1) is 16.1. The standard InChI is InChI=1S/C16H20FN3O2S/c17-12-1-3-13(4-2-12)19-6-8-20(9-7-19)16(22)14-11-23-10-5-15(21)18-14/h1-4,14H,5-11H2,(H,18,21). The van der Waals surface area contributed by atoms with Gasteiger partial charge in [0.15, 0.2) is 0 Å². The van der Waals surface area contributed by atoms with E-state index in [1.807, 2.05) is 4.90 Å². The van der Waals surface area contributed by atoms with Gasteiger partial charge in [0.25, 0.3) is 0 Å². The zero-order valence-corrected chi connectivity index (χ0v) is 13.7. The SMILES string of the molecule is O=C1CCSCC(C(=O)N2CCN(c3ccc(F)cc3)CC2)N1. The molecule has 23 heavy (non-hydrogen) atoms. The lowest BCUT2D eigenvalue weighted by atomic mass is 10.2. The molecule has 1 aromatic rings. The number of hydrogen-bond donors (Lipinski definition) is 1. The molecule has 1 atom stereocenters. The lowest BCUT2D eigenvalue weighted by molar-refractivity contribution is -0.135. The summed E-state index contributed by atoms with van der Waals surface area (Å²) in [5.41, 5.74) is 0.969. The van der Waals surface area contributed by atoms with E-state index in [1.54, 1.807) is 23.9 Å². The first-order chi connectivity index (χ1) is 11.1. The maximum atomic E-state index is 13.0. The van der Waals surface area contributed by atoms with Crippen LogP contribution < -0.4 is 10.2 Å². The quantitative estimate of drug-likeness (QED) is 0.878. The second kappa shape index (κ2) is 7.21. The van der Waals surface area contributed by atoms with Crippen LogP contribution in [0, 0.1) is 5.82 Å². The summed E-state index contributed by atoms with van der Waals surface area (Å²) in [4.78, 5) is 28.1. The molecular formula is C16H20FN3O2S. The summed E-state index contributed by atoms with van der Waals surface area (Å²) in [6.07, 6.45) is 0.479. The number of amides is 2. The van der Waals surface area contributed by atoms with Gasteiger partial charge in [-0.1, -0.05) is 0 Å². The lowest BCUT2D eigenvalue weighted by Crippen LogP contribution is -2.55. The molecule has 5 nitrogen and oxygen atoms in total. The Balaban J connectivity index is 1.56. The van der Waals surface area contributed by atoms with E-state index in [-0.39, 0.29) is 17.6 Å². The predicted molar refractivity (Wildman–Crippen MR) is 89.1 cm³/mol. The monoisotopic (exact) mass is 337 g/mol. The van der Waals surface area contributed by atoms with Gasteiger partial charge >= 0.3 is 0 Å². The number of rotatable bonds is 2. The Morgan fingerprint density at radius 1 is 1.17 bits per heavy atom. The highest BCUT2D eigenvalue weighted by Gasteiger charge is 2.29. The van der Waals surface area contributed by atoms with Crippen molar-refractivity contribution in [3.63, 3.8) is 0 Å². The topological polar surface area (TPSA) is 52.7 Å². The maximum Gasteiger partial charge on any atom is 0.246 e. The highest BCUT2D eigenvalue weighted by molar-refractivity contribution is 7.99. The van der Waals surface area contributed by atoms with Crippen LogP contribution >= 0.6 is 11.8 Å². The predicted octanol–water partition coefficient (Wildman–Crippen LogP) is 1.10. The number of piperazine rings is 1. The molecule has 1 N–H and O–H groups in total. The molecule has 2 aliphatic heterocycles.